The van der Waals surface area contributed by atoms with Gasteiger partial charge in [0, 0.05) is 43.8 Å². The summed E-state index contributed by atoms with van der Waals surface area (Å²) in [6.45, 7) is 4.00. The van der Waals surface area contributed by atoms with Gasteiger partial charge in [-0.15, -0.1) is 0 Å². The molecule has 0 unspecified atom stereocenters. The number of benzene rings is 1. The van der Waals surface area contributed by atoms with Crippen LogP contribution in [-0.2, 0) is 16.4 Å². The number of hydrogen-bond donors (Lipinski definition) is 2. The Hall–Kier alpha value is -2.72. The molecule has 1 saturated carbocycles. The van der Waals surface area contributed by atoms with Crippen molar-refractivity contribution in [1.82, 2.24) is 14.3 Å². The van der Waals surface area contributed by atoms with Crippen molar-refractivity contribution in [2.24, 2.45) is 11.7 Å². The lowest BCUT2D eigenvalue weighted by Crippen LogP contribution is -2.49. The smallest absolute Gasteiger partial charge is 0.252 e. The molecule has 0 bridgehead atoms. The number of anilines is 3. The molecular formula is C21H28N6O3S. The zero-order valence-corrected chi connectivity index (χ0v) is 18.4. The van der Waals surface area contributed by atoms with Gasteiger partial charge in [-0.2, -0.15) is 4.31 Å². The van der Waals surface area contributed by atoms with Crippen LogP contribution in [0.25, 0.3) is 0 Å². The third-order valence-corrected chi connectivity index (χ3v) is 7.68. The summed E-state index contributed by atoms with van der Waals surface area (Å²) < 4.78 is 25.6. The molecule has 2 aromatic rings. The third kappa shape index (κ3) is 5.13. The maximum Gasteiger partial charge on any atom is 0.252 e. The average Bonchev–Trinajstić information content (AvgIpc) is 3.58. The molecule has 2 aliphatic rings. The molecule has 2 heterocycles. The van der Waals surface area contributed by atoms with Gasteiger partial charge in [0.15, 0.2) is 0 Å². The maximum atomic E-state index is 12.0. The van der Waals surface area contributed by atoms with Gasteiger partial charge in [0.25, 0.3) is 5.91 Å². The summed E-state index contributed by atoms with van der Waals surface area (Å²) in [4.78, 5) is 22.6. The second-order valence-corrected chi connectivity index (χ2v) is 10.3. The lowest BCUT2D eigenvalue weighted by atomic mass is 10.1. The zero-order chi connectivity index (χ0) is 22.0. The van der Waals surface area contributed by atoms with E-state index >= 15 is 0 Å². The largest absolute Gasteiger partial charge is 0.369 e. The number of aromatic nitrogens is 2. The molecule has 1 aromatic heterocycles. The number of nitrogens with one attached hydrogen (secondary N) is 1. The van der Waals surface area contributed by atoms with Gasteiger partial charge >= 0.3 is 0 Å². The molecule has 166 valence electrons. The molecule has 9 nitrogen and oxygen atoms in total. The van der Waals surface area contributed by atoms with Crippen LogP contribution in [0.15, 0.2) is 30.5 Å². The minimum Gasteiger partial charge on any atom is -0.369 e. The Morgan fingerprint density at radius 1 is 1.16 bits per heavy atom. The summed E-state index contributed by atoms with van der Waals surface area (Å²) in [5.41, 5.74) is 8.42. The van der Waals surface area contributed by atoms with Crippen LogP contribution < -0.4 is 16.0 Å². The number of carbonyl (C=O) groups is 1. The molecule has 3 N–H and O–H groups in total. The van der Waals surface area contributed by atoms with Crippen LogP contribution in [0.2, 0.25) is 0 Å². The van der Waals surface area contributed by atoms with Gasteiger partial charge in [0.1, 0.15) is 0 Å². The summed E-state index contributed by atoms with van der Waals surface area (Å²) in [7, 11) is -3.13. The van der Waals surface area contributed by atoms with Crippen LogP contribution in [0, 0.1) is 5.92 Å². The highest BCUT2D eigenvalue weighted by Gasteiger charge is 2.26. The van der Waals surface area contributed by atoms with E-state index in [4.69, 9.17) is 5.73 Å². The van der Waals surface area contributed by atoms with E-state index in [0.717, 1.165) is 30.6 Å². The fourth-order valence-electron chi connectivity index (χ4n) is 3.73. The van der Waals surface area contributed by atoms with E-state index in [0.29, 0.717) is 49.3 Å². The van der Waals surface area contributed by atoms with Crippen LogP contribution in [-0.4, -0.2) is 60.5 Å². The standard InChI is InChI=1S/C21H28N6O3S/c1-2-31(29,30)27-11-9-26(10-12-27)17-7-5-16(6-8-17)24-21-23-14-18(20(22)28)19(25-21)13-15-3-4-15/h5-8,14-15H,2-4,9-13H2,1H3,(H2,22,28)(H,23,24,25). The van der Waals surface area contributed by atoms with Gasteiger partial charge in [0.05, 0.1) is 17.0 Å². The number of primary amides is 1. The maximum absolute atomic E-state index is 12.0. The molecule has 1 amide bonds. The SMILES string of the molecule is CCS(=O)(=O)N1CCN(c2ccc(Nc3ncc(C(N)=O)c(CC4CC4)n3)cc2)CC1. The Balaban J connectivity index is 1.40. The first-order valence-electron chi connectivity index (χ1n) is 10.6. The summed E-state index contributed by atoms with van der Waals surface area (Å²) in [5, 5.41) is 3.19. The number of carbonyl (C=O) groups excluding carboxylic acids is 1. The monoisotopic (exact) mass is 444 g/mol. The predicted molar refractivity (Wildman–Crippen MR) is 120 cm³/mol. The topological polar surface area (TPSA) is 122 Å². The molecule has 31 heavy (non-hydrogen) atoms. The average molecular weight is 445 g/mol. The Morgan fingerprint density at radius 3 is 2.42 bits per heavy atom. The number of hydrogen-bond acceptors (Lipinski definition) is 7. The van der Waals surface area contributed by atoms with Gasteiger partial charge in [-0.25, -0.2) is 18.4 Å². The van der Waals surface area contributed by atoms with Crippen LogP contribution in [0.5, 0.6) is 0 Å². The molecule has 1 aliphatic heterocycles. The van der Waals surface area contributed by atoms with Gasteiger partial charge in [-0.3, -0.25) is 4.79 Å². The number of sulfonamides is 1. The number of rotatable bonds is 8. The van der Waals surface area contributed by atoms with Gasteiger partial charge in [-0.05, 0) is 56.4 Å². The minimum atomic E-state index is -3.13. The third-order valence-electron chi connectivity index (χ3n) is 5.80. The van der Waals surface area contributed by atoms with Crippen molar-refractivity contribution >= 4 is 33.3 Å². The van der Waals surface area contributed by atoms with Gasteiger partial charge in [-0.1, -0.05) is 0 Å². The van der Waals surface area contributed by atoms with E-state index in [2.05, 4.69) is 20.2 Å². The number of nitrogens with two attached hydrogens (primary N) is 1. The van der Waals surface area contributed by atoms with E-state index < -0.39 is 15.9 Å². The highest BCUT2D eigenvalue weighted by atomic mass is 32.2. The second kappa shape index (κ2) is 8.80. The molecule has 10 heteroatoms. The van der Waals surface area contributed by atoms with Crippen LogP contribution in [0.3, 0.4) is 0 Å². The molecule has 4 rings (SSSR count). The van der Waals surface area contributed by atoms with Crippen molar-refractivity contribution in [3.05, 3.63) is 41.7 Å². The van der Waals surface area contributed by atoms with Crippen molar-refractivity contribution < 1.29 is 13.2 Å². The first-order valence-corrected chi connectivity index (χ1v) is 12.2. The van der Waals surface area contributed by atoms with E-state index in [9.17, 15) is 13.2 Å². The lowest BCUT2D eigenvalue weighted by molar-refractivity contribution is 0.0998. The van der Waals surface area contributed by atoms with E-state index in [1.807, 2.05) is 24.3 Å². The fraction of sp³-hybridized carbons (Fsp3) is 0.476. The molecular weight excluding hydrogens is 416 g/mol. The summed E-state index contributed by atoms with van der Waals surface area (Å²) in [5.74, 6) is 0.649. The molecule has 0 atom stereocenters. The Kier molecular flexibility index (Phi) is 6.10. The fourth-order valence-corrected chi connectivity index (χ4v) is 4.81. The normalized spacial score (nSPS) is 17.5. The first kappa shape index (κ1) is 21.5. The first-order chi connectivity index (χ1) is 14.9. The van der Waals surface area contributed by atoms with E-state index in [-0.39, 0.29) is 5.75 Å². The van der Waals surface area contributed by atoms with Crippen LogP contribution >= 0.6 is 0 Å². The number of piperazine rings is 1. The summed E-state index contributed by atoms with van der Waals surface area (Å²) in [6, 6.07) is 7.87. The lowest BCUT2D eigenvalue weighted by Gasteiger charge is -2.35. The molecule has 1 aromatic carbocycles. The van der Waals surface area contributed by atoms with Crippen LogP contribution in [0.1, 0.15) is 35.8 Å². The molecule has 0 spiro atoms. The number of nitrogens with zero attached hydrogens (tertiary/aromatic N) is 4. The Bertz CT molecular complexity index is 1050. The molecule has 2 fully saturated rings. The van der Waals surface area contributed by atoms with Gasteiger partial charge in [0.2, 0.25) is 16.0 Å². The van der Waals surface area contributed by atoms with Crippen LogP contribution in [0.4, 0.5) is 17.3 Å². The highest BCUT2D eigenvalue weighted by molar-refractivity contribution is 7.89. The molecule has 0 radical (unpaired) electrons. The van der Waals surface area contributed by atoms with E-state index in [1.165, 1.54) is 6.20 Å². The zero-order valence-electron chi connectivity index (χ0n) is 17.6. The van der Waals surface area contributed by atoms with E-state index in [1.54, 1.807) is 11.2 Å². The minimum absolute atomic E-state index is 0.137. The highest BCUT2D eigenvalue weighted by Crippen LogP contribution is 2.33. The van der Waals surface area contributed by atoms with Crippen molar-refractivity contribution in [2.45, 2.75) is 26.2 Å². The van der Waals surface area contributed by atoms with Gasteiger partial charge < -0.3 is 16.0 Å². The predicted octanol–water partition coefficient (Wildman–Crippen LogP) is 1.74. The second-order valence-electron chi connectivity index (χ2n) is 8.02. The quantitative estimate of drug-likeness (QED) is 0.636. The molecule has 1 aliphatic carbocycles. The summed E-state index contributed by atoms with van der Waals surface area (Å²) >= 11 is 0. The molecule has 1 saturated heterocycles. The van der Waals surface area contributed by atoms with Crippen molar-refractivity contribution in [2.75, 3.05) is 42.1 Å². The van der Waals surface area contributed by atoms with Crippen molar-refractivity contribution in [3.63, 3.8) is 0 Å². The van der Waals surface area contributed by atoms with Crippen molar-refractivity contribution in [3.8, 4) is 0 Å². The number of amides is 1. The Morgan fingerprint density at radius 2 is 1.84 bits per heavy atom. The van der Waals surface area contributed by atoms with Crippen molar-refractivity contribution in [1.29, 1.82) is 0 Å². The summed E-state index contributed by atoms with van der Waals surface area (Å²) in [6.07, 6.45) is 4.55. The Labute approximate surface area is 182 Å².